The summed E-state index contributed by atoms with van der Waals surface area (Å²) in [6.07, 6.45) is 0. The molecule has 1 aromatic rings. The smallest absolute Gasteiger partial charge is 0.258 e. The van der Waals surface area contributed by atoms with Gasteiger partial charge in [-0.1, -0.05) is 6.07 Å². The van der Waals surface area contributed by atoms with Crippen LogP contribution in [0.4, 0.5) is 5.69 Å². The first-order valence-corrected chi connectivity index (χ1v) is 4.75. The Kier molecular flexibility index (Phi) is 3.28. The first kappa shape index (κ1) is 9.73. The fourth-order valence-electron chi connectivity index (χ4n) is 0.782. The Hall–Kier alpha value is -0.360. The largest absolute Gasteiger partial charge is 0.282 e. The molecule has 0 saturated heterocycles. The number of halogens is 2. The second-order valence-electron chi connectivity index (χ2n) is 2.18. The lowest BCUT2D eigenvalue weighted by Crippen LogP contribution is -1.92. The number of hydrogen-bond acceptors (Lipinski definition) is 2. The molecule has 0 atom stereocenters. The molecule has 5 heteroatoms. The van der Waals surface area contributed by atoms with Crippen LogP contribution < -0.4 is 0 Å². The van der Waals surface area contributed by atoms with E-state index in [-0.39, 0.29) is 5.69 Å². The van der Waals surface area contributed by atoms with Crippen molar-refractivity contribution in [3.8, 4) is 0 Å². The van der Waals surface area contributed by atoms with Crippen LogP contribution in [0.15, 0.2) is 18.2 Å². The van der Waals surface area contributed by atoms with Gasteiger partial charge in [0.05, 0.1) is 8.49 Å². The second kappa shape index (κ2) is 4.04. The fraction of sp³-hybridized carbons (Fsp3) is 0.143. The third kappa shape index (κ3) is 2.07. The average Bonchev–Trinajstić information content (AvgIpc) is 2.03. The number of nitro benzene ring substituents is 1. The van der Waals surface area contributed by atoms with Crippen molar-refractivity contribution in [2.75, 3.05) is 0 Å². The summed E-state index contributed by atoms with van der Waals surface area (Å²) in [5, 5.41) is 10.4. The number of alkyl halides is 1. The summed E-state index contributed by atoms with van der Waals surface area (Å²) in [5.41, 5.74) is 1.02. The summed E-state index contributed by atoms with van der Waals surface area (Å²) < 4.78 is 0.621. The summed E-state index contributed by atoms with van der Waals surface area (Å²) in [7, 11) is 0. The van der Waals surface area contributed by atoms with Gasteiger partial charge in [0.2, 0.25) is 0 Å². The number of benzene rings is 1. The first-order chi connectivity index (χ1) is 5.65. The van der Waals surface area contributed by atoms with Crippen LogP contribution in [0.1, 0.15) is 5.56 Å². The van der Waals surface area contributed by atoms with Crippen LogP contribution in [0.3, 0.4) is 0 Å². The molecule has 1 aromatic carbocycles. The summed E-state index contributed by atoms with van der Waals surface area (Å²) in [6, 6.07) is 4.85. The standard InChI is InChI=1S/C7H5ClINO2/c8-4-5-1-2-7(10(11)12)6(9)3-5/h1-3H,4H2. The molecule has 0 aromatic heterocycles. The van der Waals surface area contributed by atoms with Crippen molar-refractivity contribution < 1.29 is 4.92 Å². The monoisotopic (exact) mass is 297 g/mol. The van der Waals surface area contributed by atoms with Crippen molar-refractivity contribution in [3.63, 3.8) is 0 Å². The van der Waals surface area contributed by atoms with Crippen LogP contribution in [0.2, 0.25) is 0 Å². The molecular weight excluding hydrogens is 292 g/mol. The number of rotatable bonds is 2. The zero-order valence-electron chi connectivity index (χ0n) is 5.96. The van der Waals surface area contributed by atoms with Crippen LogP contribution in [0, 0.1) is 13.7 Å². The SMILES string of the molecule is O=[N+]([O-])c1ccc(CCl)cc1I. The van der Waals surface area contributed by atoms with Crippen LogP contribution in [-0.4, -0.2) is 4.92 Å². The van der Waals surface area contributed by atoms with E-state index in [0.717, 1.165) is 5.56 Å². The maximum atomic E-state index is 10.4. The molecule has 0 heterocycles. The molecule has 3 nitrogen and oxygen atoms in total. The summed E-state index contributed by atoms with van der Waals surface area (Å²) in [4.78, 5) is 9.99. The van der Waals surface area contributed by atoms with E-state index in [1.54, 1.807) is 12.1 Å². The van der Waals surface area contributed by atoms with E-state index in [2.05, 4.69) is 0 Å². The normalized spacial score (nSPS) is 9.83. The summed E-state index contributed by atoms with van der Waals surface area (Å²) in [5.74, 6) is 0.383. The van der Waals surface area contributed by atoms with Gasteiger partial charge in [0.15, 0.2) is 0 Å². The van der Waals surface area contributed by atoms with E-state index in [4.69, 9.17) is 11.6 Å². The molecule has 0 aliphatic rings. The lowest BCUT2D eigenvalue weighted by molar-refractivity contribution is -0.385. The minimum absolute atomic E-state index is 0.129. The number of nitro groups is 1. The molecule has 0 aliphatic heterocycles. The van der Waals surface area contributed by atoms with Gasteiger partial charge in [-0.05, 0) is 34.2 Å². The summed E-state index contributed by atoms with van der Waals surface area (Å²) in [6.45, 7) is 0. The zero-order chi connectivity index (χ0) is 9.14. The Morgan fingerprint density at radius 1 is 1.58 bits per heavy atom. The lowest BCUT2D eigenvalue weighted by atomic mass is 10.2. The van der Waals surface area contributed by atoms with Gasteiger partial charge >= 0.3 is 0 Å². The molecule has 0 unspecified atom stereocenters. The van der Waals surface area contributed by atoms with Crippen molar-refractivity contribution in [3.05, 3.63) is 37.4 Å². The number of hydrogen-bond donors (Lipinski definition) is 0. The molecule has 0 saturated carbocycles. The Labute approximate surface area is 88.0 Å². The van der Waals surface area contributed by atoms with Gasteiger partial charge < -0.3 is 0 Å². The van der Waals surface area contributed by atoms with Crippen LogP contribution in [-0.2, 0) is 5.88 Å². The van der Waals surface area contributed by atoms with Gasteiger partial charge in [-0.15, -0.1) is 11.6 Å². The van der Waals surface area contributed by atoms with Crippen LogP contribution in [0.25, 0.3) is 0 Å². The van der Waals surface area contributed by atoms with E-state index in [1.165, 1.54) is 6.07 Å². The Balaban J connectivity index is 3.12. The third-order valence-electron chi connectivity index (χ3n) is 1.36. The van der Waals surface area contributed by atoms with E-state index in [9.17, 15) is 10.1 Å². The molecule has 0 bridgehead atoms. The van der Waals surface area contributed by atoms with Crippen molar-refractivity contribution in [2.45, 2.75) is 5.88 Å². The Bertz CT molecular complexity index is 316. The van der Waals surface area contributed by atoms with Crippen molar-refractivity contribution in [1.82, 2.24) is 0 Å². The fourth-order valence-corrected chi connectivity index (χ4v) is 1.72. The molecule has 0 radical (unpaired) electrons. The lowest BCUT2D eigenvalue weighted by Gasteiger charge is -1.97. The second-order valence-corrected chi connectivity index (χ2v) is 3.61. The first-order valence-electron chi connectivity index (χ1n) is 3.14. The maximum absolute atomic E-state index is 10.4. The highest BCUT2D eigenvalue weighted by molar-refractivity contribution is 14.1. The van der Waals surface area contributed by atoms with E-state index < -0.39 is 4.92 Å². The molecule has 0 fully saturated rings. The number of nitrogens with zero attached hydrogens (tertiary/aromatic N) is 1. The highest BCUT2D eigenvalue weighted by Crippen LogP contribution is 2.22. The molecular formula is C7H5ClINO2. The van der Waals surface area contributed by atoms with Crippen LogP contribution in [0.5, 0.6) is 0 Å². The Morgan fingerprint density at radius 2 is 2.25 bits per heavy atom. The van der Waals surface area contributed by atoms with Crippen molar-refractivity contribution in [1.29, 1.82) is 0 Å². The minimum atomic E-state index is -0.403. The molecule has 0 amide bonds. The van der Waals surface area contributed by atoms with Gasteiger partial charge in [0.1, 0.15) is 0 Å². The highest BCUT2D eigenvalue weighted by atomic mass is 127. The van der Waals surface area contributed by atoms with E-state index in [1.807, 2.05) is 22.6 Å². The molecule has 64 valence electrons. The molecule has 0 aliphatic carbocycles. The average molecular weight is 297 g/mol. The predicted octanol–water partition coefficient (Wildman–Crippen LogP) is 2.94. The molecule has 0 N–H and O–H groups in total. The van der Waals surface area contributed by atoms with Gasteiger partial charge in [0.25, 0.3) is 5.69 Å². The summed E-state index contributed by atoms with van der Waals surface area (Å²) >= 11 is 7.48. The predicted molar refractivity (Wildman–Crippen MR) is 55.4 cm³/mol. The topological polar surface area (TPSA) is 43.1 Å². The van der Waals surface area contributed by atoms with Gasteiger partial charge in [-0.25, -0.2) is 0 Å². The minimum Gasteiger partial charge on any atom is -0.258 e. The molecule has 0 spiro atoms. The zero-order valence-corrected chi connectivity index (χ0v) is 8.87. The van der Waals surface area contributed by atoms with Crippen molar-refractivity contribution in [2.24, 2.45) is 0 Å². The van der Waals surface area contributed by atoms with Gasteiger partial charge in [-0.3, -0.25) is 10.1 Å². The van der Waals surface area contributed by atoms with E-state index in [0.29, 0.717) is 9.45 Å². The van der Waals surface area contributed by atoms with E-state index >= 15 is 0 Å². The third-order valence-corrected chi connectivity index (χ3v) is 2.54. The van der Waals surface area contributed by atoms with Gasteiger partial charge in [-0.2, -0.15) is 0 Å². The Morgan fingerprint density at radius 3 is 2.67 bits per heavy atom. The quantitative estimate of drug-likeness (QED) is 0.364. The molecule has 12 heavy (non-hydrogen) atoms. The van der Waals surface area contributed by atoms with Gasteiger partial charge in [0, 0.05) is 11.9 Å². The highest BCUT2D eigenvalue weighted by Gasteiger charge is 2.10. The van der Waals surface area contributed by atoms with Crippen molar-refractivity contribution >= 4 is 39.9 Å². The molecule has 1 rings (SSSR count). The maximum Gasteiger partial charge on any atom is 0.282 e. The van der Waals surface area contributed by atoms with Crippen LogP contribution >= 0.6 is 34.2 Å².